The standard InChI is InChI=1S/C10H22O2Si/c1-5-6-7-10(11)8-9-12-13(2,3)4/h5-9H2,1-4H3. The van der Waals surface area contributed by atoms with E-state index < -0.39 is 8.32 Å². The first kappa shape index (κ1) is 12.8. The maximum Gasteiger partial charge on any atom is 0.183 e. The van der Waals surface area contributed by atoms with E-state index in [9.17, 15) is 4.79 Å². The Bertz CT molecular complexity index is 149. The van der Waals surface area contributed by atoms with Crippen LogP contribution in [0.3, 0.4) is 0 Å². The Kier molecular flexibility index (Phi) is 6.25. The summed E-state index contributed by atoms with van der Waals surface area (Å²) < 4.78 is 5.60. The van der Waals surface area contributed by atoms with Crippen LogP contribution >= 0.6 is 0 Å². The largest absolute Gasteiger partial charge is 0.417 e. The average Bonchev–Trinajstić information content (AvgIpc) is 1.98. The topological polar surface area (TPSA) is 26.3 Å². The van der Waals surface area contributed by atoms with Gasteiger partial charge in [0.05, 0.1) is 0 Å². The summed E-state index contributed by atoms with van der Waals surface area (Å²) in [4.78, 5) is 11.2. The lowest BCUT2D eigenvalue weighted by atomic mass is 10.1. The van der Waals surface area contributed by atoms with Gasteiger partial charge in [-0.3, -0.25) is 4.79 Å². The monoisotopic (exact) mass is 202 g/mol. The fourth-order valence-electron chi connectivity index (χ4n) is 0.970. The number of Topliss-reactive ketones (excluding diaryl/α,β-unsaturated/α-hetero) is 1. The van der Waals surface area contributed by atoms with Gasteiger partial charge < -0.3 is 4.43 Å². The van der Waals surface area contributed by atoms with E-state index in [4.69, 9.17) is 4.43 Å². The number of unbranched alkanes of at least 4 members (excludes halogenated alkanes) is 1. The minimum atomic E-state index is -1.41. The molecule has 0 N–H and O–H groups in total. The molecule has 78 valence electrons. The Hall–Kier alpha value is -0.153. The van der Waals surface area contributed by atoms with Gasteiger partial charge in [-0.25, -0.2) is 0 Å². The van der Waals surface area contributed by atoms with Crippen molar-refractivity contribution in [2.75, 3.05) is 6.61 Å². The van der Waals surface area contributed by atoms with Gasteiger partial charge in [0.25, 0.3) is 0 Å². The van der Waals surface area contributed by atoms with Crippen LogP contribution in [0, 0.1) is 0 Å². The molecule has 0 amide bonds. The van der Waals surface area contributed by atoms with Gasteiger partial charge in [-0.05, 0) is 26.1 Å². The first-order valence-corrected chi connectivity index (χ1v) is 8.52. The summed E-state index contributed by atoms with van der Waals surface area (Å²) in [5.41, 5.74) is 0. The Morgan fingerprint density at radius 3 is 2.31 bits per heavy atom. The Balaban J connectivity index is 3.37. The summed E-state index contributed by atoms with van der Waals surface area (Å²) in [5.74, 6) is 0.347. The molecule has 0 atom stereocenters. The van der Waals surface area contributed by atoms with Crippen molar-refractivity contribution in [1.29, 1.82) is 0 Å². The van der Waals surface area contributed by atoms with E-state index in [1.165, 1.54) is 0 Å². The van der Waals surface area contributed by atoms with E-state index in [1.54, 1.807) is 0 Å². The van der Waals surface area contributed by atoms with Crippen LogP contribution in [-0.2, 0) is 9.22 Å². The summed E-state index contributed by atoms with van der Waals surface area (Å²) in [6.45, 7) is 9.15. The number of hydrogen-bond acceptors (Lipinski definition) is 2. The first-order valence-electron chi connectivity index (χ1n) is 5.11. The molecule has 0 heterocycles. The lowest BCUT2D eigenvalue weighted by Gasteiger charge is -2.16. The highest BCUT2D eigenvalue weighted by Crippen LogP contribution is 2.04. The van der Waals surface area contributed by atoms with Gasteiger partial charge in [-0.1, -0.05) is 13.3 Å². The zero-order chi connectivity index (χ0) is 10.3. The van der Waals surface area contributed by atoms with E-state index in [0.29, 0.717) is 18.8 Å². The zero-order valence-corrected chi connectivity index (χ0v) is 10.4. The molecule has 0 aromatic carbocycles. The summed E-state index contributed by atoms with van der Waals surface area (Å²) in [7, 11) is -1.41. The van der Waals surface area contributed by atoms with E-state index in [1.807, 2.05) is 0 Å². The Labute approximate surface area is 82.8 Å². The summed E-state index contributed by atoms with van der Waals surface area (Å²) in [6, 6.07) is 0. The third-order valence-electron chi connectivity index (χ3n) is 1.73. The molecule has 0 aromatic heterocycles. The van der Waals surface area contributed by atoms with Crippen LogP contribution < -0.4 is 0 Å². The molecule has 0 fully saturated rings. The molecule has 0 radical (unpaired) electrons. The van der Waals surface area contributed by atoms with Gasteiger partial charge in [-0.15, -0.1) is 0 Å². The van der Waals surface area contributed by atoms with Crippen LogP contribution in [0.15, 0.2) is 0 Å². The lowest BCUT2D eigenvalue weighted by Crippen LogP contribution is -2.26. The van der Waals surface area contributed by atoms with Crippen molar-refractivity contribution in [3.05, 3.63) is 0 Å². The number of carbonyl (C=O) groups excluding carboxylic acids is 1. The molecule has 0 rings (SSSR count). The molecule has 0 spiro atoms. The van der Waals surface area contributed by atoms with Gasteiger partial charge in [0.15, 0.2) is 8.32 Å². The molecule has 2 nitrogen and oxygen atoms in total. The van der Waals surface area contributed by atoms with Crippen molar-refractivity contribution in [3.63, 3.8) is 0 Å². The van der Waals surface area contributed by atoms with Crippen molar-refractivity contribution in [2.24, 2.45) is 0 Å². The summed E-state index contributed by atoms with van der Waals surface area (Å²) in [5, 5.41) is 0. The molecule has 0 bridgehead atoms. The Morgan fingerprint density at radius 1 is 1.23 bits per heavy atom. The van der Waals surface area contributed by atoms with Crippen LogP contribution in [-0.4, -0.2) is 20.7 Å². The van der Waals surface area contributed by atoms with E-state index in [-0.39, 0.29) is 0 Å². The highest BCUT2D eigenvalue weighted by molar-refractivity contribution is 6.69. The third-order valence-corrected chi connectivity index (χ3v) is 2.80. The lowest BCUT2D eigenvalue weighted by molar-refractivity contribution is -0.119. The smallest absolute Gasteiger partial charge is 0.183 e. The number of rotatable bonds is 7. The molecule has 0 aliphatic carbocycles. The quantitative estimate of drug-likeness (QED) is 0.593. The van der Waals surface area contributed by atoms with Crippen molar-refractivity contribution in [2.45, 2.75) is 52.2 Å². The van der Waals surface area contributed by atoms with Crippen LogP contribution in [0.2, 0.25) is 19.6 Å². The molecule has 0 unspecified atom stereocenters. The second-order valence-corrected chi connectivity index (χ2v) is 8.87. The second kappa shape index (κ2) is 6.32. The fourth-order valence-corrected chi connectivity index (χ4v) is 1.68. The first-order chi connectivity index (χ1) is 5.95. The van der Waals surface area contributed by atoms with Crippen LogP contribution in [0.25, 0.3) is 0 Å². The SMILES string of the molecule is CCCCC(=O)CCO[Si](C)(C)C. The minimum absolute atomic E-state index is 0.347. The van der Waals surface area contributed by atoms with Crippen molar-refractivity contribution < 1.29 is 9.22 Å². The molecule has 0 saturated carbocycles. The van der Waals surface area contributed by atoms with Crippen molar-refractivity contribution >= 4 is 14.1 Å². The molecular weight excluding hydrogens is 180 g/mol. The summed E-state index contributed by atoms with van der Waals surface area (Å²) in [6.07, 6.45) is 3.45. The fraction of sp³-hybridized carbons (Fsp3) is 0.900. The number of carbonyl (C=O) groups is 1. The number of hydrogen-bond donors (Lipinski definition) is 0. The van der Waals surface area contributed by atoms with E-state index in [0.717, 1.165) is 19.3 Å². The average molecular weight is 202 g/mol. The molecule has 13 heavy (non-hydrogen) atoms. The summed E-state index contributed by atoms with van der Waals surface area (Å²) >= 11 is 0. The van der Waals surface area contributed by atoms with E-state index >= 15 is 0 Å². The number of ketones is 1. The van der Waals surface area contributed by atoms with Gasteiger partial charge in [0.1, 0.15) is 5.78 Å². The van der Waals surface area contributed by atoms with E-state index in [2.05, 4.69) is 26.6 Å². The van der Waals surface area contributed by atoms with Gasteiger partial charge >= 0.3 is 0 Å². The Morgan fingerprint density at radius 2 is 1.85 bits per heavy atom. The highest BCUT2D eigenvalue weighted by Gasteiger charge is 2.14. The van der Waals surface area contributed by atoms with Gasteiger partial charge in [-0.2, -0.15) is 0 Å². The maximum absolute atomic E-state index is 11.2. The molecule has 0 aliphatic rings. The predicted octanol–water partition coefficient (Wildman–Crippen LogP) is 2.99. The second-order valence-electron chi connectivity index (χ2n) is 4.35. The zero-order valence-electron chi connectivity index (χ0n) is 9.35. The minimum Gasteiger partial charge on any atom is -0.417 e. The normalized spacial score (nSPS) is 11.7. The molecule has 0 saturated heterocycles. The van der Waals surface area contributed by atoms with Crippen LogP contribution in [0.1, 0.15) is 32.6 Å². The van der Waals surface area contributed by atoms with Gasteiger partial charge in [0, 0.05) is 19.4 Å². The molecule has 0 aromatic rings. The van der Waals surface area contributed by atoms with Gasteiger partial charge in [0.2, 0.25) is 0 Å². The molecular formula is C10H22O2Si. The van der Waals surface area contributed by atoms with Crippen LogP contribution in [0.5, 0.6) is 0 Å². The third kappa shape index (κ3) is 9.76. The van der Waals surface area contributed by atoms with Crippen molar-refractivity contribution in [3.8, 4) is 0 Å². The van der Waals surface area contributed by atoms with Crippen molar-refractivity contribution in [1.82, 2.24) is 0 Å². The molecule has 3 heteroatoms. The predicted molar refractivity (Wildman–Crippen MR) is 58.4 cm³/mol. The highest BCUT2D eigenvalue weighted by atomic mass is 28.4. The van der Waals surface area contributed by atoms with Crippen LogP contribution in [0.4, 0.5) is 0 Å². The molecule has 0 aliphatic heterocycles. The maximum atomic E-state index is 11.2.